The van der Waals surface area contributed by atoms with E-state index < -0.39 is 18.0 Å². The minimum atomic E-state index is -1.17. The molecule has 0 bridgehead atoms. The molecule has 1 aromatic carbocycles. The Bertz CT molecular complexity index is 611. The van der Waals surface area contributed by atoms with Gasteiger partial charge in [0.25, 0.3) is 5.91 Å². The molecular formula is C16H19NO5. The van der Waals surface area contributed by atoms with E-state index in [0.29, 0.717) is 5.56 Å². The summed E-state index contributed by atoms with van der Waals surface area (Å²) in [6.07, 6.45) is 1.40. The summed E-state index contributed by atoms with van der Waals surface area (Å²) in [4.78, 5) is 35.8. The first kappa shape index (κ1) is 16.0. The van der Waals surface area contributed by atoms with Gasteiger partial charge < -0.3 is 15.1 Å². The van der Waals surface area contributed by atoms with E-state index in [1.54, 1.807) is 12.1 Å². The maximum Gasteiger partial charge on any atom is 0.326 e. The summed E-state index contributed by atoms with van der Waals surface area (Å²) in [5.74, 6) is -2.56. The molecule has 1 unspecified atom stereocenters. The molecule has 6 heteroatoms. The minimum Gasteiger partial charge on any atom is -0.481 e. The van der Waals surface area contributed by atoms with Gasteiger partial charge in [-0.2, -0.15) is 0 Å². The summed E-state index contributed by atoms with van der Waals surface area (Å²) in [7, 11) is 0. The summed E-state index contributed by atoms with van der Waals surface area (Å²) in [6, 6.07) is 4.35. The Kier molecular flexibility index (Phi) is 4.80. The average Bonchev–Trinajstić information content (AvgIpc) is 2.78. The van der Waals surface area contributed by atoms with Gasteiger partial charge in [-0.05, 0) is 30.0 Å². The third-order valence-corrected chi connectivity index (χ3v) is 3.91. The molecule has 0 spiro atoms. The number of amides is 1. The highest BCUT2D eigenvalue weighted by Crippen LogP contribution is 2.29. The molecule has 1 aliphatic heterocycles. The molecule has 0 aromatic heterocycles. The van der Waals surface area contributed by atoms with Crippen molar-refractivity contribution < 1.29 is 24.6 Å². The molecule has 2 rings (SSSR count). The first-order valence-electron chi connectivity index (χ1n) is 7.32. The van der Waals surface area contributed by atoms with Crippen molar-refractivity contribution in [3.8, 4) is 0 Å². The van der Waals surface area contributed by atoms with Crippen LogP contribution in [0.5, 0.6) is 0 Å². The van der Waals surface area contributed by atoms with E-state index in [2.05, 4.69) is 0 Å². The second kappa shape index (κ2) is 6.60. The monoisotopic (exact) mass is 305 g/mol. The van der Waals surface area contributed by atoms with E-state index in [0.717, 1.165) is 24.0 Å². The fourth-order valence-electron chi connectivity index (χ4n) is 2.85. The molecule has 0 radical (unpaired) electrons. The zero-order valence-electron chi connectivity index (χ0n) is 12.4. The lowest BCUT2D eigenvalue weighted by molar-refractivity contribution is -0.143. The van der Waals surface area contributed by atoms with Crippen molar-refractivity contribution in [2.24, 2.45) is 0 Å². The van der Waals surface area contributed by atoms with Crippen molar-refractivity contribution >= 4 is 17.8 Å². The first-order valence-corrected chi connectivity index (χ1v) is 7.32. The number of carboxylic acid groups (broad SMARTS) is 2. The first-order chi connectivity index (χ1) is 10.5. The lowest BCUT2D eigenvalue weighted by Crippen LogP contribution is -2.41. The van der Waals surface area contributed by atoms with Gasteiger partial charge in [-0.3, -0.25) is 9.59 Å². The highest BCUT2D eigenvalue weighted by Gasteiger charge is 2.37. The van der Waals surface area contributed by atoms with Crippen LogP contribution in [0.15, 0.2) is 18.2 Å². The number of carbonyl (C=O) groups excluding carboxylic acids is 1. The van der Waals surface area contributed by atoms with Gasteiger partial charge in [-0.15, -0.1) is 0 Å². The van der Waals surface area contributed by atoms with E-state index in [1.807, 2.05) is 13.0 Å². The minimum absolute atomic E-state index is 0.0898. The van der Waals surface area contributed by atoms with Crippen molar-refractivity contribution in [1.82, 2.24) is 4.90 Å². The third kappa shape index (κ3) is 3.10. The molecule has 0 aliphatic carbocycles. The van der Waals surface area contributed by atoms with Gasteiger partial charge in [0.2, 0.25) is 0 Å². The normalized spacial score (nSPS) is 14.8. The van der Waals surface area contributed by atoms with E-state index in [9.17, 15) is 19.5 Å². The van der Waals surface area contributed by atoms with Crippen molar-refractivity contribution in [1.29, 1.82) is 0 Å². The molecule has 0 fully saturated rings. The zero-order chi connectivity index (χ0) is 16.3. The number of hydrogen-bond acceptors (Lipinski definition) is 3. The summed E-state index contributed by atoms with van der Waals surface area (Å²) >= 11 is 0. The highest BCUT2D eigenvalue weighted by atomic mass is 16.4. The van der Waals surface area contributed by atoms with Gasteiger partial charge in [0, 0.05) is 18.5 Å². The molecule has 0 saturated carbocycles. The van der Waals surface area contributed by atoms with Gasteiger partial charge in [0.15, 0.2) is 0 Å². The smallest absolute Gasteiger partial charge is 0.326 e. The summed E-state index contributed by atoms with van der Waals surface area (Å²) in [6.45, 7) is 2.28. The Morgan fingerprint density at radius 1 is 1.32 bits per heavy atom. The lowest BCUT2D eigenvalue weighted by Gasteiger charge is -2.23. The summed E-state index contributed by atoms with van der Waals surface area (Å²) in [5, 5.41) is 18.1. The number of hydrogen-bond donors (Lipinski definition) is 2. The van der Waals surface area contributed by atoms with Crippen LogP contribution in [-0.4, -0.2) is 39.0 Å². The number of carboxylic acids is 2. The number of fused-ring (bicyclic) bond motifs is 1. The van der Waals surface area contributed by atoms with Crippen LogP contribution in [0.1, 0.15) is 47.7 Å². The van der Waals surface area contributed by atoms with Crippen LogP contribution >= 0.6 is 0 Å². The van der Waals surface area contributed by atoms with Crippen LogP contribution in [0.3, 0.4) is 0 Å². The van der Waals surface area contributed by atoms with Crippen LogP contribution in [0.25, 0.3) is 0 Å². The molecular weight excluding hydrogens is 286 g/mol. The van der Waals surface area contributed by atoms with Gasteiger partial charge >= 0.3 is 11.9 Å². The molecule has 22 heavy (non-hydrogen) atoms. The molecule has 6 nitrogen and oxygen atoms in total. The fourth-order valence-corrected chi connectivity index (χ4v) is 2.85. The van der Waals surface area contributed by atoms with Crippen LogP contribution < -0.4 is 0 Å². The Hall–Kier alpha value is -2.37. The fraction of sp³-hybridized carbons (Fsp3) is 0.438. The number of nitrogens with zero attached hydrogens (tertiary/aromatic N) is 1. The second-order valence-electron chi connectivity index (χ2n) is 5.41. The number of carbonyl (C=O) groups is 3. The third-order valence-electron chi connectivity index (χ3n) is 3.91. The predicted molar refractivity (Wildman–Crippen MR) is 78.6 cm³/mol. The molecule has 2 N–H and O–H groups in total. The van der Waals surface area contributed by atoms with Crippen molar-refractivity contribution in [3.05, 3.63) is 34.9 Å². The zero-order valence-corrected chi connectivity index (χ0v) is 12.4. The average molecular weight is 305 g/mol. The number of aryl methyl sites for hydroxylation is 1. The standard InChI is InChI=1S/C16H19NO5/c1-2-4-10-5-3-6-11-12(10)9-17(15(11)20)13(16(21)22)7-8-14(18)19/h3,5-6,13H,2,4,7-9H2,1H3,(H,18,19)(H,21,22). The van der Waals surface area contributed by atoms with E-state index in [4.69, 9.17) is 5.11 Å². The SMILES string of the molecule is CCCc1cccc2c1CN(C(CCC(=O)O)C(=O)O)C2=O. The number of aliphatic carboxylic acids is 2. The molecule has 0 saturated heterocycles. The number of rotatable bonds is 7. The van der Waals surface area contributed by atoms with E-state index >= 15 is 0 Å². The predicted octanol–water partition coefficient (Wildman–Crippen LogP) is 1.91. The maximum absolute atomic E-state index is 12.5. The van der Waals surface area contributed by atoms with Crippen LogP contribution in [0, 0.1) is 0 Å². The van der Waals surface area contributed by atoms with E-state index in [-0.39, 0.29) is 25.3 Å². The molecule has 1 aromatic rings. The highest BCUT2D eigenvalue weighted by molar-refractivity contribution is 6.00. The van der Waals surface area contributed by atoms with Gasteiger partial charge in [-0.1, -0.05) is 25.5 Å². The van der Waals surface area contributed by atoms with Gasteiger partial charge in [0.05, 0.1) is 0 Å². The molecule has 1 aliphatic rings. The Morgan fingerprint density at radius 2 is 2.05 bits per heavy atom. The Balaban J connectivity index is 2.27. The quantitative estimate of drug-likeness (QED) is 0.802. The van der Waals surface area contributed by atoms with Crippen molar-refractivity contribution in [2.75, 3.05) is 0 Å². The molecule has 1 amide bonds. The molecule has 1 atom stereocenters. The Morgan fingerprint density at radius 3 is 2.64 bits per heavy atom. The van der Waals surface area contributed by atoms with Crippen molar-refractivity contribution in [2.45, 2.75) is 45.2 Å². The lowest BCUT2D eigenvalue weighted by atomic mass is 10.00. The molecule has 118 valence electrons. The van der Waals surface area contributed by atoms with Gasteiger partial charge in [-0.25, -0.2) is 4.79 Å². The van der Waals surface area contributed by atoms with E-state index in [1.165, 1.54) is 4.90 Å². The Labute approximate surface area is 128 Å². The van der Waals surface area contributed by atoms with Gasteiger partial charge in [0.1, 0.15) is 6.04 Å². The van der Waals surface area contributed by atoms with Crippen LogP contribution in [-0.2, 0) is 22.6 Å². The second-order valence-corrected chi connectivity index (χ2v) is 5.41. The summed E-state index contributed by atoms with van der Waals surface area (Å²) in [5.41, 5.74) is 2.46. The molecule has 1 heterocycles. The maximum atomic E-state index is 12.5. The number of benzene rings is 1. The van der Waals surface area contributed by atoms with Crippen LogP contribution in [0.2, 0.25) is 0 Å². The van der Waals surface area contributed by atoms with Crippen molar-refractivity contribution in [3.63, 3.8) is 0 Å². The largest absolute Gasteiger partial charge is 0.481 e. The van der Waals surface area contributed by atoms with Crippen LogP contribution in [0.4, 0.5) is 0 Å². The summed E-state index contributed by atoms with van der Waals surface area (Å²) < 4.78 is 0. The topological polar surface area (TPSA) is 94.9 Å².